The molecule has 110 valence electrons. The molecule has 1 N–H and O–H groups in total. The van der Waals surface area contributed by atoms with Crippen LogP contribution in [0.15, 0.2) is 11.4 Å². The number of aryl methyl sites for hydroxylation is 1. The molecule has 0 radical (unpaired) electrons. The van der Waals surface area contributed by atoms with Crippen LogP contribution in [0.4, 0.5) is 4.39 Å². The van der Waals surface area contributed by atoms with Crippen molar-refractivity contribution in [3.63, 3.8) is 0 Å². The lowest BCUT2D eigenvalue weighted by molar-refractivity contribution is -0.136. The predicted molar refractivity (Wildman–Crippen MR) is 78.6 cm³/mol. The Hall–Kier alpha value is -0.940. The highest BCUT2D eigenvalue weighted by molar-refractivity contribution is 7.10. The van der Waals surface area contributed by atoms with Crippen LogP contribution in [0.1, 0.15) is 36.1 Å². The topological polar surface area (TPSA) is 32.3 Å². The molecule has 1 amide bonds. The number of halogens is 1. The maximum atomic E-state index is 14.6. The van der Waals surface area contributed by atoms with E-state index in [0.29, 0.717) is 25.9 Å². The lowest BCUT2D eigenvalue weighted by atomic mass is 9.92. The molecule has 1 saturated heterocycles. The number of likely N-dealkylation sites (tertiary alicyclic amines) is 1. The number of hydrogen-bond acceptors (Lipinski definition) is 3. The third-order valence-corrected chi connectivity index (χ3v) is 5.31. The van der Waals surface area contributed by atoms with E-state index in [2.05, 4.69) is 28.6 Å². The fourth-order valence-electron chi connectivity index (χ4n) is 2.60. The van der Waals surface area contributed by atoms with Crippen LogP contribution in [0.25, 0.3) is 0 Å². The van der Waals surface area contributed by atoms with Gasteiger partial charge in [-0.2, -0.15) is 0 Å². The number of thiophene rings is 1. The molecular formula is C15H21FN2OS. The first-order valence-corrected chi connectivity index (χ1v) is 8.20. The van der Waals surface area contributed by atoms with E-state index in [-0.39, 0.29) is 11.9 Å². The Bertz CT molecular complexity index is 490. The number of nitrogens with one attached hydrogen (secondary N) is 1. The Morgan fingerprint density at radius 3 is 2.75 bits per heavy atom. The maximum Gasteiger partial charge on any atom is 0.257 e. The van der Waals surface area contributed by atoms with Gasteiger partial charge in [0.05, 0.1) is 0 Å². The first kappa shape index (κ1) is 14.0. The normalized spacial score (nSPS) is 22.7. The molecule has 0 atom stereocenters. The molecule has 1 aliphatic carbocycles. The average molecular weight is 296 g/mol. The van der Waals surface area contributed by atoms with Crippen LogP contribution in [0, 0.1) is 6.92 Å². The minimum absolute atomic E-state index is 0.238. The van der Waals surface area contributed by atoms with E-state index in [1.54, 1.807) is 11.3 Å². The van der Waals surface area contributed by atoms with Gasteiger partial charge in [-0.3, -0.25) is 9.69 Å². The van der Waals surface area contributed by atoms with Gasteiger partial charge in [0, 0.05) is 43.4 Å². The van der Waals surface area contributed by atoms with Gasteiger partial charge in [0.15, 0.2) is 5.67 Å². The van der Waals surface area contributed by atoms with Gasteiger partial charge < -0.3 is 5.32 Å². The van der Waals surface area contributed by atoms with Crippen molar-refractivity contribution in [2.45, 2.75) is 50.9 Å². The van der Waals surface area contributed by atoms with Crippen molar-refractivity contribution in [1.29, 1.82) is 0 Å². The summed E-state index contributed by atoms with van der Waals surface area (Å²) in [5.74, 6) is -0.382. The summed E-state index contributed by atoms with van der Waals surface area (Å²) in [6, 6.07) is 2.36. The van der Waals surface area contributed by atoms with Gasteiger partial charge in [-0.15, -0.1) is 11.3 Å². The fourth-order valence-corrected chi connectivity index (χ4v) is 3.55. The fraction of sp³-hybridized carbons (Fsp3) is 0.667. The minimum Gasteiger partial charge on any atom is -0.351 e. The van der Waals surface area contributed by atoms with Crippen molar-refractivity contribution in [2.75, 3.05) is 13.1 Å². The monoisotopic (exact) mass is 296 g/mol. The molecule has 0 unspecified atom stereocenters. The summed E-state index contributed by atoms with van der Waals surface area (Å²) in [6.45, 7) is 4.31. The maximum absolute atomic E-state index is 14.6. The number of amides is 1. The van der Waals surface area contributed by atoms with Gasteiger partial charge in [0.2, 0.25) is 0 Å². The van der Waals surface area contributed by atoms with Crippen LogP contribution in [-0.4, -0.2) is 35.6 Å². The number of alkyl halides is 1. The van der Waals surface area contributed by atoms with E-state index >= 15 is 0 Å². The summed E-state index contributed by atoms with van der Waals surface area (Å²) in [5, 5.41) is 4.90. The zero-order valence-corrected chi connectivity index (χ0v) is 12.6. The zero-order valence-electron chi connectivity index (χ0n) is 11.8. The van der Waals surface area contributed by atoms with Crippen LogP contribution in [0.3, 0.4) is 0 Å². The first-order chi connectivity index (χ1) is 9.57. The van der Waals surface area contributed by atoms with E-state index in [1.807, 2.05) is 0 Å². The van der Waals surface area contributed by atoms with Gasteiger partial charge in [0.25, 0.3) is 5.91 Å². The van der Waals surface area contributed by atoms with E-state index in [0.717, 1.165) is 19.4 Å². The molecule has 2 aliphatic rings. The Labute approximate surface area is 123 Å². The molecule has 0 spiro atoms. The summed E-state index contributed by atoms with van der Waals surface area (Å²) < 4.78 is 14.6. The Morgan fingerprint density at radius 1 is 1.50 bits per heavy atom. The van der Waals surface area contributed by atoms with Crippen LogP contribution in [-0.2, 0) is 11.3 Å². The van der Waals surface area contributed by atoms with E-state index in [1.165, 1.54) is 10.4 Å². The smallest absolute Gasteiger partial charge is 0.257 e. The molecule has 2 heterocycles. The minimum atomic E-state index is -1.65. The van der Waals surface area contributed by atoms with Gasteiger partial charge in [-0.05, 0) is 36.8 Å². The molecule has 3 nitrogen and oxygen atoms in total. The third-order valence-electron chi connectivity index (χ3n) is 4.30. The largest absolute Gasteiger partial charge is 0.351 e. The van der Waals surface area contributed by atoms with Gasteiger partial charge in [0.1, 0.15) is 0 Å². The van der Waals surface area contributed by atoms with Crippen LogP contribution in [0.5, 0.6) is 0 Å². The molecule has 5 heteroatoms. The third kappa shape index (κ3) is 3.04. The second kappa shape index (κ2) is 5.45. The number of nitrogens with zero attached hydrogens (tertiary/aromatic N) is 1. The van der Waals surface area contributed by atoms with Crippen molar-refractivity contribution in [2.24, 2.45) is 0 Å². The summed E-state index contributed by atoms with van der Waals surface area (Å²) in [6.07, 6.45) is 2.64. The number of carbonyl (C=O) groups is 1. The van der Waals surface area contributed by atoms with Crippen molar-refractivity contribution in [1.82, 2.24) is 10.2 Å². The molecule has 1 aromatic rings. The van der Waals surface area contributed by atoms with Crippen molar-refractivity contribution in [3.8, 4) is 0 Å². The highest BCUT2D eigenvalue weighted by atomic mass is 32.1. The lowest BCUT2D eigenvalue weighted by Crippen LogP contribution is -2.51. The number of hydrogen-bond donors (Lipinski definition) is 1. The van der Waals surface area contributed by atoms with E-state index in [9.17, 15) is 9.18 Å². The molecule has 1 aliphatic heterocycles. The summed E-state index contributed by atoms with van der Waals surface area (Å²) in [5.41, 5.74) is -0.345. The average Bonchev–Trinajstić information content (AvgIpc) is 3.15. The van der Waals surface area contributed by atoms with Crippen LogP contribution < -0.4 is 5.32 Å². The SMILES string of the molecule is Cc1ccsc1CN1CCC(F)(C(=O)NC2CC2)CC1. The Morgan fingerprint density at radius 2 is 2.20 bits per heavy atom. The highest BCUT2D eigenvalue weighted by Gasteiger charge is 2.43. The molecule has 2 fully saturated rings. The Balaban J connectivity index is 1.53. The summed E-state index contributed by atoms with van der Waals surface area (Å²) in [7, 11) is 0. The highest BCUT2D eigenvalue weighted by Crippen LogP contribution is 2.30. The van der Waals surface area contributed by atoms with Crippen molar-refractivity contribution < 1.29 is 9.18 Å². The standard InChI is InChI=1S/C15H21FN2OS/c1-11-4-9-20-13(11)10-18-7-5-15(16,6-8-18)14(19)17-12-2-3-12/h4,9,12H,2-3,5-8,10H2,1H3,(H,17,19). The molecule has 1 saturated carbocycles. The summed E-state index contributed by atoms with van der Waals surface area (Å²) >= 11 is 1.75. The van der Waals surface area contributed by atoms with Gasteiger partial charge in [-0.1, -0.05) is 0 Å². The molecule has 20 heavy (non-hydrogen) atoms. The number of rotatable bonds is 4. The van der Waals surface area contributed by atoms with Gasteiger partial charge >= 0.3 is 0 Å². The number of carbonyl (C=O) groups excluding carboxylic acids is 1. The first-order valence-electron chi connectivity index (χ1n) is 7.32. The van der Waals surface area contributed by atoms with Crippen molar-refractivity contribution >= 4 is 17.2 Å². The molecule has 0 bridgehead atoms. The van der Waals surface area contributed by atoms with Crippen molar-refractivity contribution in [3.05, 3.63) is 21.9 Å². The zero-order chi connectivity index (χ0) is 14.2. The second-order valence-electron chi connectivity index (χ2n) is 6.02. The lowest BCUT2D eigenvalue weighted by Gasteiger charge is -2.35. The van der Waals surface area contributed by atoms with E-state index < -0.39 is 5.67 Å². The summed E-state index contributed by atoms with van der Waals surface area (Å²) in [4.78, 5) is 15.5. The molecule has 1 aromatic heterocycles. The molecular weight excluding hydrogens is 275 g/mol. The van der Waals surface area contributed by atoms with Crippen LogP contribution in [0.2, 0.25) is 0 Å². The van der Waals surface area contributed by atoms with Crippen LogP contribution >= 0.6 is 11.3 Å². The predicted octanol–water partition coefficient (Wildman–Crippen LogP) is 2.64. The van der Waals surface area contributed by atoms with E-state index in [4.69, 9.17) is 0 Å². The number of piperidine rings is 1. The quantitative estimate of drug-likeness (QED) is 0.926. The molecule has 3 rings (SSSR count). The molecule has 0 aromatic carbocycles. The Kier molecular flexibility index (Phi) is 3.82. The second-order valence-corrected chi connectivity index (χ2v) is 7.02. The van der Waals surface area contributed by atoms with Gasteiger partial charge in [-0.25, -0.2) is 4.39 Å².